The number of carbonyl (C=O) groups is 1. The van der Waals surface area contributed by atoms with E-state index in [2.05, 4.69) is 15.8 Å². The van der Waals surface area contributed by atoms with Crippen molar-refractivity contribution in [1.82, 2.24) is 5.43 Å². The van der Waals surface area contributed by atoms with Crippen molar-refractivity contribution in [3.8, 4) is 5.75 Å². The molecule has 0 radical (unpaired) electrons. The fraction of sp³-hybridized carbons (Fsp3) is 0.263. The Morgan fingerprint density at radius 3 is 2.46 bits per heavy atom. The normalized spacial score (nSPS) is 19.7. The number of carbonyl (C=O) groups excluding carboxylic acids is 1. The number of anilines is 1. The van der Waals surface area contributed by atoms with E-state index in [-0.39, 0.29) is 23.6 Å². The molecule has 0 bridgehead atoms. The topological polar surface area (TPSA) is 73.7 Å². The Balaban J connectivity index is 1.91. The number of rotatable bonds is 4. The van der Waals surface area contributed by atoms with E-state index in [0.717, 1.165) is 11.4 Å². The standard InChI is InChI=1S/C19H21N3O2/c1-12(2)17-16(19(24)20-13-8-4-3-5-9-13)18(22-21-17)14-10-6-7-11-15(14)23/h3-12,16,18,22-23H,1-2H3,(H,20,24). The van der Waals surface area contributed by atoms with Crippen molar-refractivity contribution in [2.45, 2.75) is 19.9 Å². The third kappa shape index (κ3) is 3.11. The van der Waals surface area contributed by atoms with E-state index < -0.39 is 5.92 Å². The number of benzene rings is 2. The average Bonchev–Trinajstić information content (AvgIpc) is 3.01. The number of aromatic hydroxyl groups is 1. The van der Waals surface area contributed by atoms with E-state index >= 15 is 0 Å². The molecule has 5 heteroatoms. The van der Waals surface area contributed by atoms with Crippen LogP contribution < -0.4 is 10.7 Å². The molecular formula is C19H21N3O2. The molecule has 124 valence electrons. The minimum absolute atomic E-state index is 0.125. The SMILES string of the molecule is CC(C)C1=NNC(c2ccccc2O)C1C(=O)Nc1ccccc1. The van der Waals surface area contributed by atoms with Crippen molar-refractivity contribution in [2.24, 2.45) is 16.9 Å². The first-order valence-corrected chi connectivity index (χ1v) is 8.04. The maximum atomic E-state index is 12.9. The molecule has 0 fully saturated rings. The van der Waals surface area contributed by atoms with E-state index in [1.807, 2.05) is 56.3 Å². The van der Waals surface area contributed by atoms with Crippen molar-refractivity contribution >= 4 is 17.3 Å². The third-order valence-corrected chi connectivity index (χ3v) is 4.17. The van der Waals surface area contributed by atoms with Gasteiger partial charge in [0.05, 0.1) is 11.8 Å². The summed E-state index contributed by atoms with van der Waals surface area (Å²) in [5, 5.41) is 17.5. The van der Waals surface area contributed by atoms with Crippen molar-refractivity contribution in [2.75, 3.05) is 5.32 Å². The Kier molecular flexibility index (Phi) is 4.51. The van der Waals surface area contributed by atoms with E-state index in [0.29, 0.717) is 5.56 Å². The molecule has 1 aliphatic rings. The number of nitrogens with zero attached hydrogens (tertiary/aromatic N) is 1. The third-order valence-electron chi connectivity index (χ3n) is 4.17. The molecule has 0 aromatic heterocycles. The van der Waals surface area contributed by atoms with Gasteiger partial charge in [0.15, 0.2) is 0 Å². The minimum atomic E-state index is -0.474. The van der Waals surface area contributed by atoms with Gasteiger partial charge in [-0.3, -0.25) is 4.79 Å². The summed E-state index contributed by atoms with van der Waals surface area (Å²) in [6.45, 7) is 4.02. The van der Waals surface area contributed by atoms with Gasteiger partial charge in [-0.1, -0.05) is 50.2 Å². The Morgan fingerprint density at radius 2 is 1.79 bits per heavy atom. The molecule has 2 unspecified atom stereocenters. The molecule has 0 saturated heterocycles. The zero-order valence-corrected chi connectivity index (χ0v) is 13.7. The van der Waals surface area contributed by atoms with Gasteiger partial charge < -0.3 is 15.8 Å². The number of amides is 1. The van der Waals surface area contributed by atoms with Gasteiger partial charge in [-0.2, -0.15) is 5.10 Å². The summed E-state index contributed by atoms with van der Waals surface area (Å²) >= 11 is 0. The van der Waals surface area contributed by atoms with Gasteiger partial charge in [0.1, 0.15) is 11.7 Å². The Labute approximate surface area is 141 Å². The van der Waals surface area contributed by atoms with Crippen molar-refractivity contribution in [3.05, 3.63) is 60.2 Å². The fourth-order valence-electron chi connectivity index (χ4n) is 2.97. The zero-order chi connectivity index (χ0) is 17.1. The van der Waals surface area contributed by atoms with Gasteiger partial charge in [-0.05, 0) is 24.1 Å². The molecule has 0 aliphatic carbocycles. The predicted molar refractivity (Wildman–Crippen MR) is 94.8 cm³/mol. The van der Waals surface area contributed by atoms with Crippen LogP contribution in [0.4, 0.5) is 5.69 Å². The highest BCUT2D eigenvalue weighted by molar-refractivity contribution is 6.11. The highest BCUT2D eigenvalue weighted by Gasteiger charge is 2.40. The molecule has 1 aliphatic heterocycles. The van der Waals surface area contributed by atoms with Crippen LogP contribution in [0, 0.1) is 11.8 Å². The Bertz CT molecular complexity index is 756. The second-order valence-electron chi connectivity index (χ2n) is 6.19. The van der Waals surface area contributed by atoms with Gasteiger partial charge >= 0.3 is 0 Å². The Morgan fingerprint density at radius 1 is 1.12 bits per heavy atom. The van der Waals surface area contributed by atoms with Crippen LogP contribution in [-0.4, -0.2) is 16.7 Å². The maximum absolute atomic E-state index is 12.9. The molecule has 0 saturated carbocycles. The monoisotopic (exact) mass is 323 g/mol. The predicted octanol–water partition coefficient (Wildman–Crippen LogP) is 3.30. The number of nitrogens with one attached hydrogen (secondary N) is 2. The number of phenols is 1. The number of hydrogen-bond donors (Lipinski definition) is 3. The molecule has 2 aromatic carbocycles. The van der Waals surface area contributed by atoms with Crippen LogP contribution in [0.5, 0.6) is 5.75 Å². The van der Waals surface area contributed by atoms with Gasteiger partial charge in [0, 0.05) is 11.3 Å². The van der Waals surface area contributed by atoms with Crippen LogP contribution >= 0.6 is 0 Å². The molecule has 5 nitrogen and oxygen atoms in total. The lowest BCUT2D eigenvalue weighted by molar-refractivity contribution is -0.118. The molecule has 24 heavy (non-hydrogen) atoms. The lowest BCUT2D eigenvalue weighted by Crippen LogP contribution is -2.35. The summed E-state index contributed by atoms with van der Waals surface area (Å²) in [7, 11) is 0. The van der Waals surface area contributed by atoms with Gasteiger partial charge in [-0.15, -0.1) is 0 Å². The highest BCUT2D eigenvalue weighted by atomic mass is 16.3. The molecule has 1 amide bonds. The first-order valence-electron chi connectivity index (χ1n) is 8.04. The lowest BCUT2D eigenvalue weighted by atomic mass is 9.85. The molecule has 2 atom stereocenters. The average molecular weight is 323 g/mol. The van der Waals surface area contributed by atoms with E-state index in [4.69, 9.17) is 0 Å². The van der Waals surface area contributed by atoms with Crippen LogP contribution in [0.2, 0.25) is 0 Å². The zero-order valence-electron chi connectivity index (χ0n) is 13.7. The summed E-state index contributed by atoms with van der Waals surface area (Å²) in [4.78, 5) is 12.9. The summed E-state index contributed by atoms with van der Waals surface area (Å²) in [6.07, 6.45) is 0. The van der Waals surface area contributed by atoms with Crippen LogP contribution in [0.1, 0.15) is 25.5 Å². The van der Waals surface area contributed by atoms with Crippen LogP contribution in [0.3, 0.4) is 0 Å². The molecule has 3 N–H and O–H groups in total. The maximum Gasteiger partial charge on any atom is 0.235 e. The van der Waals surface area contributed by atoms with Crippen LogP contribution in [0.15, 0.2) is 59.7 Å². The van der Waals surface area contributed by atoms with Crippen LogP contribution in [0.25, 0.3) is 0 Å². The molecule has 2 aromatic rings. The summed E-state index contributed by atoms with van der Waals surface area (Å²) in [5.41, 5.74) is 5.23. The number of phenolic OH excluding ortho intramolecular Hbond substituents is 1. The largest absolute Gasteiger partial charge is 0.508 e. The van der Waals surface area contributed by atoms with E-state index in [9.17, 15) is 9.90 Å². The van der Waals surface area contributed by atoms with E-state index in [1.54, 1.807) is 12.1 Å². The van der Waals surface area contributed by atoms with Gasteiger partial charge in [-0.25, -0.2) is 0 Å². The van der Waals surface area contributed by atoms with Gasteiger partial charge in [0.2, 0.25) is 5.91 Å². The second-order valence-corrected chi connectivity index (χ2v) is 6.19. The molecular weight excluding hydrogens is 302 g/mol. The smallest absolute Gasteiger partial charge is 0.235 e. The Hall–Kier alpha value is -2.82. The minimum Gasteiger partial charge on any atom is -0.508 e. The summed E-state index contributed by atoms with van der Waals surface area (Å²) in [5.74, 6) is -0.321. The molecule has 3 rings (SSSR count). The first kappa shape index (κ1) is 16.1. The second kappa shape index (κ2) is 6.74. The van der Waals surface area contributed by atoms with Crippen molar-refractivity contribution in [1.29, 1.82) is 0 Å². The van der Waals surface area contributed by atoms with Crippen molar-refractivity contribution < 1.29 is 9.90 Å². The first-order chi connectivity index (χ1) is 11.6. The van der Waals surface area contributed by atoms with E-state index in [1.165, 1.54) is 0 Å². The lowest BCUT2D eigenvalue weighted by Gasteiger charge is -2.22. The summed E-state index contributed by atoms with van der Waals surface area (Å²) in [6, 6.07) is 16.0. The number of para-hydroxylation sites is 2. The summed E-state index contributed by atoms with van der Waals surface area (Å²) < 4.78 is 0. The highest BCUT2D eigenvalue weighted by Crippen LogP contribution is 2.35. The number of hydrazone groups is 1. The fourth-order valence-corrected chi connectivity index (χ4v) is 2.97. The van der Waals surface area contributed by atoms with Crippen LogP contribution in [-0.2, 0) is 4.79 Å². The van der Waals surface area contributed by atoms with Gasteiger partial charge in [0.25, 0.3) is 0 Å². The molecule has 0 spiro atoms. The van der Waals surface area contributed by atoms with Crippen molar-refractivity contribution in [3.63, 3.8) is 0 Å². The number of hydrogen-bond acceptors (Lipinski definition) is 4. The molecule has 1 heterocycles. The quantitative estimate of drug-likeness (QED) is 0.808.